The van der Waals surface area contributed by atoms with Gasteiger partial charge in [-0.05, 0) is 42.0 Å². The number of hydrazine groups is 1. The fourth-order valence-electron chi connectivity index (χ4n) is 3.36. The molecular weight excluding hydrogens is 379 g/mol. The summed E-state index contributed by atoms with van der Waals surface area (Å²) in [5.74, 6) is -0.634. The largest absolute Gasteiger partial charge is 0.408 e. The summed E-state index contributed by atoms with van der Waals surface area (Å²) in [6.45, 7) is 3.47. The van der Waals surface area contributed by atoms with E-state index in [-0.39, 0.29) is 6.42 Å². The third kappa shape index (κ3) is 6.30. The molecular formula is C22H26F3N3O. The molecule has 2 N–H and O–H groups in total. The normalized spacial score (nSPS) is 16.0. The zero-order chi connectivity index (χ0) is 20.9. The van der Waals surface area contributed by atoms with Crippen molar-refractivity contribution in [2.45, 2.75) is 44.9 Å². The zero-order valence-electron chi connectivity index (χ0n) is 16.4. The Balaban J connectivity index is 1.45. The number of fused-ring (bicyclic) bond motifs is 1. The molecule has 0 spiro atoms. The van der Waals surface area contributed by atoms with Crippen molar-refractivity contribution in [3.8, 4) is 0 Å². The lowest BCUT2D eigenvalue weighted by molar-refractivity contribution is -0.157. The van der Waals surface area contributed by atoms with Crippen LogP contribution in [0.1, 0.15) is 29.2 Å². The molecule has 1 atom stereocenters. The summed E-state index contributed by atoms with van der Waals surface area (Å²) < 4.78 is 37.5. The maximum atomic E-state index is 12.5. The van der Waals surface area contributed by atoms with E-state index in [1.807, 2.05) is 17.4 Å². The van der Waals surface area contributed by atoms with Crippen molar-refractivity contribution in [1.82, 2.24) is 15.8 Å². The number of rotatable bonds is 6. The van der Waals surface area contributed by atoms with E-state index in [9.17, 15) is 18.0 Å². The van der Waals surface area contributed by atoms with E-state index < -0.39 is 18.1 Å². The minimum Gasteiger partial charge on any atom is -0.344 e. The molecule has 0 saturated carbocycles. The van der Waals surface area contributed by atoms with Gasteiger partial charge < -0.3 is 5.32 Å². The highest BCUT2D eigenvalue weighted by Crippen LogP contribution is 2.19. The monoisotopic (exact) mass is 405 g/mol. The van der Waals surface area contributed by atoms with Crippen molar-refractivity contribution in [3.63, 3.8) is 0 Å². The SMILES string of the molecule is CC(NC(=O)Cc1ccc(CNN2CCc3ccccc3CC2)cc1)C(F)(F)F. The highest BCUT2D eigenvalue weighted by molar-refractivity contribution is 5.78. The first-order valence-corrected chi connectivity index (χ1v) is 9.80. The molecule has 29 heavy (non-hydrogen) atoms. The second-order valence-electron chi connectivity index (χ2n) is 7.41. The van der Waals surface area contributed by atoms with E-state index >= 15 is 0 Å². The first kappa shape index (κ1) is 21.3. The van der Waals surface area contributed by atoms with Gasteiger partial charge in [0.2, 0.25) is 5.91 Å². The summed E-state index contributed by atoms with van der Waals surface area (Å²) in [5.41, 5.74) is 7.99. The van der Waals surface area contributed by atoms with Crippen LogP contribution in [0.3, 0.4) is 0 Å². The van der Waals surface area contributed by atoms with Gasteiger partial charge in [0.25, 0.3) is 0 Å². The molecule has 0 aromatic heterocycles. The molecule has 1 unspecified atom stereocenters. The van der Waals surface area contributed by atoms with Crippen LogP contribution >= 0.6 is 0 Å². The van der Waals surface area contributed by atoms with Crippen molar-refractivity contribution < 1.29 is 18.0 Å². The Morgan fingerprint density at radius 2 is 1.55 bits per heavy atom. The van der Waals surface area contributed by atoms with E-state index in [0.29, 0.717) is 12.1 Å². The van der Waals surface area contributed by atoms with Crippen molar-refractivity contribution in [3.05, 3.63) is 70.8 Å². The number of benzene rings is 2. The first-order valence-electron chi connectivity index (χ1n) is 9.80. The quantitative estimate of drug-likeness (QED) is 0.774. The summed E-state index contributed by atoms with van der Waals surface area (Å²) >= 11 is 0. The van der Waals surface area contributed by atoms with Crippen LogP contribution in [0.25, 0.3) is 0 Å². The van der Waals surface area contributed by atoms with Crippen LogP contribution < -0.4 is 10.7 Å². The highest BCUT2D eigenvalue weighted by atomic mass is 19.4. The summed E-state index contributed by atoms with van der Waals surface area (Å²) in [7, 11) is 0. The van der Waals surface area contributed by atoms with Crippen LogP contribution in [-0.4, -0.2) is 36.2 Å². The summed E-state index contributed by atoms with van der Waals surface area (Å²) in [5, 5.41) is 4.20. The molecule has 0 radical (unpaired) electrons. The number of alkyl halides is 3. The Morgan fingerprint density at radius 1 is 1.00 bits per heavy atom. The highest BCUT2D eigenvalue weighted by Gasteiger charge is 2.36. The number of amides is 1. The third-order valence-electron chi connectivity index (χ3n) is 5.18. The maximum absolute atomic E-state index is 12.5. The summed E-state index contributed by atoms with van der Waals surface area (Å²) in [4.78, 5) is 11.8. The van der Waals surface area contributed by atoms with Crippen molar-refractivity contribution in [2.24, 2.45) is 0 Å². The van der Waals surface area contributed by atoms with Gasteiger partial charge in [-0.2, -0.15) is 13.2 Å². The average Bonchev–Trinajstić information content (AvgIpc) is 2.89. The standard InChI is InChI=1S/C22H26F3N3O/c1-16(22(23,24)25)27-21(29)14-17-6-8-18(9-7-17)15-26-28-12-10-19-4-2-3-5-20(19)11-13-28/h2-9,16,26H,10-15H2,1H3,(H,27,29). The summed E-state index contributed by atoms with van der Waals surface area (Å²) in [6, 6.07) is 14.0. The Labute approximate surface area is 169 Å². The smallest absolute Gasteiger partial charge is 0.344 e. The molecule has 1 heterocycles. The molecule has 156 valence electrons. The molecule has 0 bridgehead atoms. The lowest BCUT2D eigenvalue weighted by Crippen LogP contribution is -2.43. The molecule has 0 aliphatic carbocycles. The summed E-state index contributed by atoms with van der Waals surface area (Å²) in [6.07, 6.45) is -2.49. The van der Waals surface area contributed by atoms with Crippen LogP contribution in [0, 0.1) is 0 Å². The van der Waals surface area contributed by atoms with Crippen molar-refractivity contribution in [2.75, 3.05) is 13.1 Å². The number of hydrogen-bond acceptors (Lipinski definition) is 3. The van der Waals surface area contributed by atoms with E-state index in [1.165, 1.54) is 11.1 Å². The number of carbonyl (C=O) groups excluding carboxylic acids is 1. The van der Waals surface area contributed by atoms with E-state index in [0.717, 1.165) is 38.4 Å². The molecule has 1 aliphatic heterocycles. The molecule has 4 nitrogen and oxygen atoms in total. The Bertz CT molecular complexity index is 794. The van der Waals surface area contributed by atoms with Gasteiger partial charge in [0.1, 0.15) is 6.04 Å². The van der Waals surface area contributed by atoms with E-state index in [1.54, 1.807) is 12.1 Å². The minimum absolute atomic E-state index is 0.0709. The Kier molecular flexibility index (Phi) is 6.92. The number of carbonyl (C=O) groups is 1. The second kappa shape index (κ2) is 9.41. The molecule has 2 aromatic rings. The molecule has 1 aliphatic rings. The van der Waals surface area contributed by atoms with E-state index in [4.69, 9.17) is 0 Å². The number of nitrogens with zero attached hydrogens (tertiary/aromatic N) is 1. The van der Waals surface area contributed by atoms with Crippen LogP contribution in [0.15, 0.2) is 48.5 Å². The van der Waals surface area contributed by atoms with Gasteiger partial charge in [-0.3, -0.25) is 10.2 Å². The van der Waals surface area contributed by atoms with Crippen LogP contribution in [0.2, 0.25) is 0 Å². The fourth-order valence-corrected chi connectivity index (χ4v) is 3.36. The second-order valence-corrected chi connectivity index (χ2v) is 7.41. The molecule has 3 rings (SSSR count). The van der Waals surface area contributed by atoms with Crippen LogP contribution in [0.5, 0.6) is 0 Å². The number of hydrogen-bond donors (Lipinski definition) is 2. The molecule has 2 aromatic carbocycles. The third-order valence-corrected chi connectivity index (χ3v) is 5.18. The molecule has 0 fully saturated rings. The maximum Gasteiger partial charge on any atom is 0.408 e. The first-order chi connectivity index (χ1) is 13.8. The molecule has 1 amide bonds. The average molecular weight is 405 g/mol. The van der Waals surface area contributed by atoms with Crippen molar-refractivity contribution in [1.29, 1.82) is 0 Å². The minimum atomic E-state index is -4.43. The van der Waals surface area contributed by atoms with Crippen LogP contribution in [-0.2, 0) is 30.6 Å². The van der Waals surface area contributed by atoms with Crippen LogP contribution in [0.4, 0.5) is 13.2 Å². The lowest BCUT2D eigenvalue weighted by Gasteiger charge is -2.21. The van der Waals surface area contributed by atoms with Gasteiger partial charge in [0.05, 0.1) is 6.42 Å². The van der Waals surface area contributed by atoms with Gasteiger partial charge in [0.15, 0.2) is 0 Å². The predicted molar refractivity (Wildman–Crippen MR) is 106 cm³/mol. The fraction of sp³-hybridized carbons (Fsp3) is 0.409. The van der Waals surface area contributed by atoms with Gasteiger partial charge in [-0.15, -0.1) is 0 Å². The Morgan fingerprint density at radius 3 is 2.10 bits per heavy atom. The lowest BCUT2D eigenvalue weighted by atomic mass is 10.0. The number of nitrogens with one attached hydrogen (secondary N) is 2. The van der Waals surface area contributed by atoms with E-state index in [2.05, 4.69) is 34.7 Å². The number of halogens is 3. The topological polar surface area (TPSA) is 44.4 Å². The van der Waals surface area contributed by atoms with Gasteiger partial charge in [-0.25, -0.2) is 5.01 Å². The predicted octanol–water partition coefficient (Wildman–Crippen LogP) is 3.40. The zero-order valence-corrected chi connectivity index (χ0v) is 16.4. The van der Waals surface area contributed by atoms with Crippen molar-refractivity contribution >= 4 is 5.91 Å². The molecule has 7 heteroatoms. The Hall–Kier alpha value is -2.38. The van der Waals surface area contributed by atoms with Gasteiger partial charge in [-0.1, -0.05) is 48.5 Å². The molecule has 0 saturated heterocycles. The van der Waals surface area contributed by atoms with Gasteiger partial charge >= 0.3 is 6.18 Å². The van der Waals surface area contributed by atoms with Gasteiger partial charge in [0, 0.05) is 19.6 Å².